The van der Waals surface area contributed by atoms with Crippen molar-refractivity contribution in [2.24, 2.45) is 0 Å². The highest BCUT2D eigenvalue weighted by Crippen LogP contribution is 2.20. The molecule has 2 N–H and O–H groups in total. The van der Waals surface area contributed by atoms with Gasteiger partial charge in [-0.15, -0.1) is 0 Å². The van der Waals surface area contributed by atoms with Gasteiger partial charge in [-0.2, -0.15) is 0 Å². The summed E-state index contributed by atoms with van der Waals surface area (Å²) in [7, 11) is -3.48. The van der Waals surface area contributed by atoms with Gasteiger partial charge in [-0.05, 0) is 49.2 Å². The zero-order chi connectivity index (χ0) is 18.8. The number of hydrogen-bond acceptors (Lipinski definition) is 3. The summed E-state index contributed by atoms with van der Waals surface area (Å²) in [5.41, 5.74) is 1.62. The molecule has 2 aromatic rings. The van der Waals surface area contributed by atoms with E-state index in [4.69, 9.17) is 0 Å². The molecule has 1 atom stereocenters. The van der Waals surface area contributed by atoms with E-state index in [2.05, 4.69) is 10.0 Å². The first-order valence-electron chi connectivity index (χ1n) is 7.41. The lowest BCUT2D eigenvalue weighted by atomic mass is 10.1. The molecule has 2 aromatic carbocycles. The lowest BCUT2D eigenvalue weighted by Gasteiger charge is -2.16. The Labute approximate surface area is 145 Å². The second kappa shape index (κ2) is 7.18. The van der Waals surface area contributed by atoms with Gasteiger partial charge in [-0.25, -0.2) is 17.2 Å². The molecule has 8 heteroatoms. The lowest BCUT2D eigenvalue weighted by molar-refractivity contribution is 0.0940. The number of anilines is 1. The predicted octanol–water partition coefficient (Wildman–Crippen LogP) is 3.14. The average molecular weight is 368 g/mol. The van der Waals surface area contributed by atoms with E-state index in [1.165, 1.54) is 12.1 Å². The van der Waals surface area contributed by atoms with Gasteiger partial charge in [0.25, 0.3) is 5.91 Å². The predicted molar refractivity (Wildman–Crippen MR) is 91.9 cm³/mol. The molecular formula is C17H18F2N2O3S. The van der Waals surface area contributed by atoms with E-state index in [1.807, 2.05) is 0 Å². The molecule has 0 aliphatic carbocycles. The first-order chi connectivity index (χ1) is 11.6. The number of sulfonamides is 1. The molecule has 0 heterocycles. The van der Waals surface area contributed by atoms with E-state index in [9.17, 15) is 22.0 Å². The van der Waals surface area contributed by atoms with E-state index in [1.54, 1.807) is 26.0 Å². The molecule has 0 fully saturated rings. The highest BCUT2D eigenvalue weighted by atomic mass is 32.2. The molecule has 0 spiro atoms. The fourth-order valence-corrected chi connectivity index (χ4v) is 2.84. The molecule has 0 aliphatic heterocycles. The van der Waals surface area contributed by atoms with E-state index in [0.29, 0.717) is 16.8 Å². The van der Waals surface area contributed by atoms with Crippen molar-refractivity contribution in [3.8, 4) is 0 Å². The Kier molecular flexibility index (Phi) is 5.42. The summed E-state index contributed by atoms with van der Waals surface area (Å²) in [5.74, 6) is -2.42. The van der Waals surface area contributed by atoms with Crippen LogP contribution in [-0.2, 0) is 10.0 Å². The van der Waals surface area contributed by atoms with Crippen molar-refractivity contribution in [1.82, 2.24) is 5.32 Å². The Morgan fingerprint density at radius 1 is 1.08 bits per heavy atom. The zero-order valence-electron chi connectivity index (χ0n) is 13.9. The molecule has 0 aliphatic rings. The van der Waals surface area contributed by atoms with E-state index < -0.39 is 33.6 Å². The van der Waals surface area contributed by atoms with Crippen LogP contribution in [0.25, 0.3) is 0 Å². The SMILES string of the molecule is Cc1ccc(C(=O)NC(C)c2ccc(F)c(F)c2)cc1NS(C)(=O)=O. The molecule has 2 rings (SSSR count). The maximum atomic E-state index is 13.3. The second-order valence-electron chi connectivity index (χ2n) is 5.77. The topological polar surface area (TPSA) is 75.3 Å². The average Bonchev–Trinajstić information content (AvgIpc) is 2.50. The summed E-state index contributed by atoms with van der Waals surface area (Å²) in [5, 5.41) is 2.66. The highest BCUT2D eigenvalue weighted by Gasteiger charge is 2.15. The monoisotopic (exact) mass is 368 g/mol. The van der Waals surface area contributed by atoms with Gasteiger partial charge < -0.3 is 5.32 Å². The van der Waals surface area contributed by atoms with Crippen LogP contribution in [-0.4, -0.2) is 20.6 Å². The van der Waals surface area contributed by atoms with Gasteiger partial charge >= 0.3 is 0 Å². The molecule has 0 bridgehead atoms. The maximum Gasteiger partial charge on any atom is 0.251 e. The number of carbonyl (C=O) groups is 1. The zero-order valence-corrected chi connectivity index (χ0v) is 14.7. The van der Waals surface area contributed by atoms with E-state index in [-0.39, 0.29) is 5.56 Å². The largest absolute Gasteiger partial charge is 0.346 e. The van der Waals surface area contributed by atoms with Crippen LogP contribution in [0.3, 0.4) is 0 Å². The van der Waals surface area contributed by atoms with Crippen molar-refractivity contribution in [3.05, 3.63) is 64.7 Å². The molecule has 134 valence electrons. The number of halogens is 2. The van der Waals surface area contributed by atoms with Gasteiger partial charge in [-0.3, -0.25) is 9.52 Å². The van der Waals surface area contributed by atoms with Crippen molar-refractivity contribution in [2.75, 3.05) is 11.0 Å². The van der Waals surface area contributed by atoms with Crippen LogP contribution in [0.1, 0.15) is 34.5 Å². The van der Waals surface area contributed by atoms with Gasteiger partial charge in [0.2, 0.25) is 10.0 Å². The van der Waals surface area contributed by atoms with Gasteiger partial charge in [-0.1, -0.05) is 12.1 Å². The third-order valence-electron chi connectivity index (χ3n) is 3.59. The summed E-state index contributed by atoms with van der Waals surface area (Å²) in [6.07, 6.45) is 1.02. The van der Waals surface area contributed by atoms with Crippen molar-refractivity contribution in [2.45, 2.75) is 19.9 Å². The second-order valence-corrected chi connectivity index (χ2v) is 7.52. The molecule has 5 nitrogen and oxygen atoms in total. The normalized spacial score (nSPS) is 12.5. The van der Waals surface area contributed by atoms with Crippen LogP contribution < -0.4 is 10.0 Å². The van der Waals surface area contributed by atoms with E-state index in [0.717, 1.165) is 18.4 Å². The third-order valence-corrected chi connectivity index (χ3v) is 4.18. The lowest BCUT2D eigenvalue weighted by Crippen LogP contribution is -2.27. The van der Waals surface area contributed by atoms with E-state index >= 15 is 0 Å². The molecule has 25 heavy (non-hydrogen) atoms. The van der Waals surface area contributed by atoms with Gasteiger partial charge in [0.05, 0.1) is 18.0 Å². The highest BCUT2D eigenvalue weighted by molar-refractivity contribution is 7.92. The summed E-state index contributed by atoms with van der Waals surface area (Å²) in [6, 6.07) is 7.43. The van der Waals surface area contributed by atoms with Gasteiger partial charge in [0.1, 0.15) is 0 Å². The number of amides is 1. The maximum absolute atomic E-state index is 13.3. The first kappa shape index (κ1) is 18.9. The molecule has 0 aromatic heterocycles. The minimum atomic E-state index is -3.48. The number of aryl methyl sites for hydroxylation is 1. The van der Waals surface area contributed by atoms with Crippen molar-refractivity contribution >= 4 is 21.6 Å². The molecule has 0 saturated heterocycles. The van der Waals surface area contributed by atoms with Crippen LogP contribution in [0.5, 0.6) is 0 Å². The Morgan fingerprint density at radius 2 is 1.76 bits per heavy atom. The molecular weight excluding hydrogens is 350 g/mol. The van der Waals surface area contributed by atoms with Gasteiger partial charge in [0, 0.05) is 5.56 Å². The van der Waals surface area contributed by atoms with Crippen LogP contribution in [0.2, 0.25) is 0 Å². The Bertz CT molecular complexity index is 914. The molecule has 0 saturated carbocycles. The van der Waals surface area contributed by atoms with Crippen LogP contribution in [0.15, 0.2) is 36.4 Å². The number of benzene rings is 2. The minimum absolute atomic E-state index is 0.242. The van der Waals surface area contributed by atoms with Crippen molar-refractivity contribution in [1.29, 1.82) is 0 Å². The number of hydrogen-bond donors (Lipinski definition) is 2. The number of nitrogens with one attached hydrogen (secondary N) is 2. The number of rotatable bonds is 5. The fraction of sp³-hybridized carbons (Fsp3) is 0.235. The van der Waals surface area contributed by atoms with Crippen molar-refractivity contribution < 1.29 is 22.0 Å². The van der Waals surface area contributed by atoms with Crippen LogP contribution in [0.4, 0.5) is 14.5 Å². The third kappa shape index (κ3) is 4.99. The summed E-state index contributed by atoms with van der Waals surface area (Å²) >= 11 is 0. The smallest absolute Gasteiger partial charge is 0.251 e. The summed E-state index contributed by atoms with van der Waals surface area (Å²) in [4.78, 5) is 12.4. The summed E-state index contributed by atoms with van der Waals surface area (Å²) in [6.45, 7) is 3.34. The van der Waals surface area contributed by atoms with Crippen LogP contribution in [0, 0.1) is 18.6 Å². The summed E-state index contributed by atoms with van der Waals surface area (Å²) < 4.78 is 51.4. The quantitative estimate of drug-likeness (QED) is 0.851. The standard InChI is InChI=1S/C17H18F2N2O3S/c1-10-4-5-13(9-16(10)21-25(3,23)24)17(22)20-11(2)12-6-7-14(18)15(19)8-12/h4-9,11,21H,1-3H3,(H,20,22). The Morgan fingerprint density at radius 3 is 2.36 bits per heavy atom. The Hall–Kier alpha value is -2.48. The fourth-order valence-electron chi connectivity index (χ4n) is 2.22. The molecule has 1 amide bonds. The Balaban J connectivity index is 2.20. The molecule has 0 radical (unpaired) electrons. The molecule has 1 unspecified atom stereocenters. The van der Waals surface area contributed by atoms with Gasteiger partial charge in [0.15, 0.2) is 11.6 Å². The van der Waals surface area contributed by atoms with Crippen molar-refractivity contribution in [3.63, 3.8) is 0 Å². The number of carbonyl (C=O) groups excluding carboxylic acids is 1. The first-order valence-corrected chi connectivity index (χ1v) is 9.30. The minimum Gasteiger partial charge on any atom is -0.346 e. The van der Waals surface area contributed by atoms with Crippen LogP contribution >= 0.6 is 0 Å².